The second-order valence-corrected chi connectivity index (χ2v) is 5.25. The molecule has 0 saturated carbocycles. The summed E-state index contributed by atoms with van der Waals surface area (Å²) in [6, 6.07) is 7.88. The third-order valence-corrected chi connectivity index (χ3v) is 3.70. The first-order chi connectivity index (χ1) is 10.6. The van der Waals surface area contributed by atoms with Crippen molar-refractivity contribution in [2.24, 2.45) is 5.10 Å². The van der Waals surface area contributed by atoms with E-state index < -0.39 is 0 Å². The molecule has 2 aromatic rings. The number of fused-ring (bicyclic) bond motifs is 1. The second kappa shape index (κ2) is 5.97. The Morgan fingerprint density at radius 3 is 2.95 bits per heavy atom. The first-order valence-corrected chi connectivity index (χ1v) is 7.16. The fourth-order valence-corrected chi connectivity index (χ4v) is 2.40. The van der Waals surface area contributed by atoms with Crippen molar-refractivity contribution in [3.63, 3.8) is 0 Å². The Balaban J connectivity index is 1.63. The van der Waals surface area contributed by atoms with Crippen LogP contribution in [0.25, 0.3) is 11.0 Å². The Kier molecular flexibility index (Phi) is 3.86. The highest BCUT2D eigenvalue weighted by atomic mass is 16.2. The van der Waals surface area contributed by atoms with E-state index in [2.05, 4.69) is 15.5 Å². The monoisotopic (exact) mass is 299 g/mol. The molecule has 2 heterocycles. The van der Waals surface area contributed by atoms with E-state index in [1.807, 2.05) is 28.8 Å². The van der Waals surface area contributed by atoms with Crippen LogP contribution in [-0.2, 0) is 16.1 Å². The molecule has 22 heavy (non-hydrogen) atoms. The highest BCUT2D eigenvalue weighted by Gasteiger charge is 2.21. The highest BCUT2D eigenvalue weighted by molar-refractivity contribution is 6.39. The number of carbonyl (C=O) groups excluding carboxylic acids is 2. The van der Waals surface area contributed by atoms with Crippen LogP contribution < -0.4 is 5.43 Å². The zero-order valence-electron chi connectivity index (χ0n) is 12.3. The fourth-order valence-electron chi connectivity index (χ4n) is 2.40. The van der Waals surface area contributed by atoms with Crippen molar-refractivity contribution in [1.82, 2.24) is 19.9 Å². The number of carbonyl (C=O) groups is 2. The first kappa shape index (κ1) is 14.2. The number of hydrogen-bond donors (Lipinski definition) is 1. The number of nitrogens with zero attached hydrogens (tertiary/aromatic N) is 4. The molecular formula is C15H17N5O2. The summed E-state index contributed by atoms with van der Waals surface area (Å²) >= 11 is 0. The number of hydrazone groups is 1. The van der Waals surface area contributed by atoms with Gasteiger partial charge in [-0.3, -0.25) is 9.59 Å². The number of likely N-dealkylation sites (N-methyl/N-ethyl adjacent to an activating group) is 1. The topological polar surface area (TPSA) is 79.6 Å². The lowest BCUT2D eigenvalue weighted by Gasteiger charge is -2.20. The van der Waals surface area contributed by atoms with Gasteiger partial charge in [0.05, 0.1) is 17.4 Å². The molecule has 1 aliphatic heterocycles. The Hall–Kier alpha value is -2.70. The SMILES string of the molecule is CN(CCn1cnc2ccccc21)C(=O)C1=NNC(=O)CC1. The van der Waals surface area contributed by atoms with E-state index in [-0.39, 0.29) is 11.8 Å². The minimum absolute atomic E-state index is 0.149. The van der Waals surface area contributed by atoms with Gasteiger partial charge in [0.25, 0.3) is 5.91 Å². The normalized spacial score (nSPS) is 14.6. The lowest BCUT2D eigenvalue weighted by atomic mass is 10.1. The van der Waals surface area contributed by atoms with Gasteiger partial charge in [-0.15, -0.1) is 0 Å². The summed E-state index contributed by atoms with van der Waals surface area (Å²) in [6.07, 6.45) is 2.48. The molecule has 0 unspecified atom stereocenters. The number of hydrogen-bond acceptors (Lipinski definition) is 4. The molecule has 114 valence electrons. The molecule has 1 aromatic heterocycles. The van der Waals surface area contributed by atoms with E-state index in [1.165, 1.54) is 0 Å². The van der Waals surface area contributed by atoms with Gasteiger partial charge in [-0.05, 0) is 12.1 Å². The Morgan fingerprint density at radius 2 is 2.18 bits per heavy atom. The number of amides is 2. The van der Waals surface area contributed by atoms with Gasteiger partial charge in [0.15, 0.2) is 0 Å². The molecule has 7 nitrogen and oxygen atoms in total. The molecule has 0 bridgehead atoms. The summed E-state index contributed by atoms with van der Waals surface area (Å²) in [7, 11) is 1.74. The van der Waals surface area contributed by atoms with Gasteiger partial charge < -0.3 is 9.47 Å². The smallest absolute Gasteiger partial charge is 0.269 e. The molecule has 0 saturated heterocycles. The third kappa shape index (κ3) is 2.83. The van der Waals surface area contributed by atoms with Crippen LogP contribution in [0.3, 0.4) is 0 Å². The van der Waals surface area contributed by atoms with Crippen LogP contribution in [0.5, 0.6) is 0 Å². The third-order valence-electron chi connectivity index (χ3n) is 3.70. The van der Waals surface area contributed by atoms with Crippen LogP contribution in [-0.4, -0.2) is 45.6 Å². The van der Waals surface area contributed by atoms with Crippen molar-refractivity contribution in [2.75, 3.05) is 13.6 Å². The maximum absolute atomic E-state index is 12.2. The van der Waals surface area contributed by atoms with Crippen molar-refractivity contribution >= 4 is 28.6 Å². The van der Waals surface area contributed by atoms with Crippen molar-refractivity contribution < 1.29 is 9.59 Å². The molecule has 0 spiro atoms. The maximum atomic E-state index is 12.2. The predicted octanol–water partition coefficient (Wildman–Crippen LogP) is 0.761. The predicted molar refractivity (Wildman–Crippen MR) is 82.2 cm³/mol. The summed E-state index contributed by atoms with van der Waals surface area (Å²) in [5, 5.41) is 3.83. The lowest BCUT2D eigenvalue weighted by Crippen LogP contribution is -2.39. The van der Waals surface area contributed by atoms with Crippen molar-refractivity contribution in [1.29, 1.82) is 0 Å². The van der Waals surface area contributed by atoms with Crippen LogP contribution in [0.4, 0.5) is 0 Å². The van der Waals surface area contributed by atoms with Crippen molar-refractivity contribution in [2.45, 2.75) is 19.4 Å². The molecule has 1 N–H and O–H groups in total. The molecule has 0 atom stereocenters. The maximum Gasteiger partial charge on any atom is 0.269 e. The van der Waals surface area contributed by atoms with E-state index in [0.29, 0.717) is 31.6 Å². The average molecular weight is 299 g/mol. The molecule has 7 heteroatoms. The van der Waals surface area contributed by atoms with Crippen LogP contribution in [0, 0.1) is 0 Å². The number of imidazole rings is 1. The Morgan fingerprint density at radius 1 is 1.36 bits per heavy atom. The minimum atomic E-state index is -0.149. The Bertz CT molecular complexity index is 749. The second-order valence-electron chi connectivity index (χ2n) is 5.25. The summed E-state index contributed by atoms with van der Waals surface area (Å²) in [6.45, 7) is 1.20. The van der Waals surface area contributed by atoms with E-state index in [4.69, 9.17) is 0 Å². The van der Waals surface area contributed by atoms with E-state index in [1.54, 1.807) is 18.3 Å². The van der Waals surface area contributed by atoms with Gasteiger partial charge in [0, 0.05) is 33.0 Å². The average Bonchev–Trinajstić information content (AvgIpc) is 2.96. The van der Waals surface area contributed by atoms with Gasteiger partial charge >= 0.3 is 0 Å². The highest BCUT2D eigenvalue weighted by Crippen LogP contribution is 2.11. The van der Waals surface area contributed by atoms with Gasteiger partial charge in [-0.2, -0.15) is 5.10 Å². The molecule has 0 fully saturated rings. The molecule has 3 rings (SSSR count). The molecule has 0 aliphatic carbocycles. The molecule has 1 aliphatic rings. The quantitative estimate of drug-likeness (QED) is 0.905. The summed E-state index contributed by atoms with van der Waals surface area (Å²) < 4.78 is 2.02. The largest absolute Gasteiger partial charge is 0.339 e. The van der Waals surface area contributed by atoms with Crippen LogP contribution in [0.15, 0.2) is 35.7 Å². The zero-order valence-corrected chi connectivity index (χ0v) is 12.3. The number of aromatic nitrogens is 2. The molecular weight excluding hydrogens is 282 g/mol. The van der Waals surface area contributed by atoms with Gasteiger partial charge in [-0.1, -0.05) is 12.1 Å². The van der Waals surface area contributed by atoms with Crippen molar-refractivity contribution in [3.05, 3.63) is 30.6 Å². The minimum Gasteiger partial charge on any atom is -0.339 e. The zero-order chi connectivity index (χ0) is 15.5. The summed E-state index contributed by atoms with van der Waals surface area (Å²) in [4.78, 5) is 29.2. The van der Waals surface area contributed by atoms with Crippen LogP contribution in [0.2, 0.25) is 0 Å². The number of para-hydroxylation sites is 2. The van der Waals surface area contributed by atoms with Crippen molar-refractivity contribution in [3.8, 4) is 0 Å². The lowest BCUT2D eigenvalue weighted by molar-refractivity contribution is -0.123. The molecule has 2 amide bonds. The fraction of sp³-hybridized carbons (Fsp3) is 0.333. The molecule has 1 aromatic carbocycles. The standard InChI is InChI=1S/C15H17N5O2/c1-19(15(22)12-6-7-14(21)18-17-12)8-9-20-10-16-11-4-2-3-5-13(11)20/h2-5,10H,6-9H2,1H3,(H,18,21). The molecule has 0 radical (unpaired) electrons. The van der Waals surface area contributed by atoms with E-state index in [9.17, 15) is 9.59 Å². The van der Waals surface area contributed by atoms with Crippen LogP contribution in [0.1, 0.15) is 12.8 Å². The number of rotatable bonds is 4. The van der Waals surface area contributed by atoms with Gasteiger partial charge in [0.1, 0.15) is 5.71 Å². The van der Waals surface area contributed by atoms with Crippen LogP contribution >= 0.6 is 0 Å². The van der Waals surface area contributed by atoms with E-state index >= 15 is 0 Å². The van der Waals surface area contributed by atoms with Gasteiger partial charge in [0.2, 0.25) is 5.91 Å². The van der Waals surface area contributed by atoms with Gasteiger partial charge in [-0.25, -0.2) is 10.4 Å². The van der Waals surface area contributed by atoms with E-state index in [0.717, 1.165) is 11.0 Å². The Labute approximate surface area is 127 Å². The number of nitrogens with one attached hydrogen (secondary N) is 1. The number of benzene rings is 1. The summed E-state index contributed by atoms with van der Waals surface area (Å²) in [5.74, 6) is -0.298. The summed E-state index contributed by atoms with van der Waals surface area (Å²) in [5.41, 5.74) is 4.74. The first-order valence-electron chi connectivity index (χ1n) is 7.16.